The van der Waals surface area contributed by atoms with E-state index in [1.807, 2.05) is 0 Å². The van der Waals surface area contributed by atoms with Crippen LogP contribution < -0.4 is 0 Å². The van der Waals surface area contributed by atoms with Crippen molar-refractivity contribution in [3.63, 3.8) is 0 Å². The Morgan fingerprint density at radius 3 is 1.16 bits per heavy atom. The molecule has 1 unspecified atom stereocenters. The Morgan fingerprint density at radius 1 is 0.469 bits per heavy atom. The number of carbonyl (C=O) groups is 1. The summed E-state index contributed by atoms with van der Waals surface area (Å²) >= 11 is 0. The smallest absolute Gasteiger partial charge is 0.306 e. The molecule has 4 heteroatoms. The third-order valence-corrected chi connectivity index (χ3v) is 10.1. The van der Waals surface area contributed by atoms with E-state index >= 15 is 0 Å². The van der Waals surface area contributed by atoms with Crippen LogP contribution in [-0.4, -0.2) is 37.0 Å². The zero-order valence-electron chi connectivity index (χ0n) is 33.5. The van der Waals surface area contributed by atoms with Gasteiger partial charge in [0.2, 0.25) is 0 Å². The Labute approximate surface area is 307 Å². The van der Waals surface area contributed by atoms with Crippen molar-refractivity contribution < 1.29 is 19.4 Å². The summed E-state index contributed by atoms with van der Waals surface area (Å²) in [6.07, 6.45) is 51.3. The molecule has 49 heavy (non-hydrogen) atoms. The van der Waals surface area contributed by atoms with E-state index in [2.05, 4.69) is 26.0 Å². The molecule has 0 spiro atoms. The molecule has 0 aromatic carbocycles. The molecule has 0 fully saturated rings. The quantitative estimate of drug-likeness (QED) is 0.0393. The molecule has 292 valence electrons. The normalized spacial score (nSPS) is 12.3. The second-order valence-corrected chi connectivity index (χ2v) is 15.1. The maximum atomic E-state index is 12.2. The third kappa shape index (κ3) is 41.4. The molecule has 0 aromatic rings. The second-order valence-electron chi connectivity index (χ2n) is 15.1. The number of carbonyl (C=O) groups excluding carboxylic acids is 1. The molecule has 0 aromatic heterocycles. The largest absolute Gasteiger partial charge is 0.457 e. The maximum Gasteiger partial charge on any atom is 0.306 e. The van der Waals surface area contributed by atoms with Crippen LogP contribution in [0.5, 0.6) is 0 Å². The summed E-state index contributed by atoms with van der Waals surface area (Å²) in [5, 5.41) is 9.61. The molecule has 0 saturated heterocycles. The third-order valence-electron chi connectivity index (χ3n) is 10.1. The van der Waals surface area contributed by atoms with Crippen molar-refractivity contribution in [2.24, 2.45) is 0 Å². The van der Waals surface area contributed by atoms with Gasteiger partial charge in [0, 0.05) is 13.0 Å². The molecular formula is C45H88O4. The Kier molecular flexibility index (Phi) is 42.5. The van der Waals surface area contributed by atoms with Crippen LogP contribution in [0.2, 0.25) is 0 Å². The topological polar surface area (TPSA) is 55.8 Å². The van der Waals surface area contributed by atoms with Gasteiger partial charge in [-0.3, -0.25) is 4.79 Å². The molecule has 0 aliphatic heterocycles. The van der Waals surface area contributed by atoms with Crippen LogP contribution in [-0.2, 0) is 14.3 Å². The lowest BCUT2D eigenvalue weighted by atomic mass is 10.0. The standard InChI is InChI=1S/C45H88O4/c1-3-5-7-9-11-13-15-17-19-21-23-24-26-28-30-32-34-36-38-40-45(47)49-44(42-46)43-48-41-39-37-35-33-31-29-27-25-22-20-18-16-14-12-10-8-6-4-2/h18,20,44,46H,3-17,19,21-43H2,1-2H3/b20-18-. The van der Waals surface area contributed by atoms with Crippen molar-refractivity contribution in [1.29, 1.82) is 0 Å². The van der Waals surface area contributed by atoms with Gasteiger partial charge in [-0.2, -0.15) is 0 Å². The van der Waals surface area contributed by atoms with E-state index in [-0.39, 0.29) is 12.6 Å². The van der Waals surface area contributed by atoms with Gasteiger partial charge in [0.1, 0.15) is 6.10 Å². The summed E-state index contributed by atoms with van der Waals surface area (Å²) in [6, 6.07) is 0. The summed E-state index contributed by atoms with van der Waals surface area (Å²) < 4.78 is 11.2. The molecule has 0 saturated carbocycles. The number of aliphatic hydroxyl groups excluding tert-OH is 1. The van der Waals surface area contributed by atoms with Crippen molar-refractivity contribution >= 4 is 5.97 Å². The van der Waals surface area contributed by atoms with E-state index in [4.69, 9.17) is 9.47 Å². The van der Waals surface area contributed by atoms with Crippen LogP contribution in [0.1, 0.15) is 245 Å². The van der Waals surface area contributed by atoms with E-state index in [1.165, 1.54) is 205 Å². The molecule has 0 aliphatic carbocycles. The number of ether oxygens (including phenoxy) is 2. The molecule has 1 N–H and O–H groups in total. The van der Waals surface area contributed by atoms with Gasteiger partial charge < -0.3 is 14.6 Å². The molecule has 0 amide bonds. The summed E-state index contributed by atoms with van der Waals surface area (Å²) in [4.78, 5) is 12.2. The van der Waals surface area contributed by atoms with Gasteiger partial charge in [-0.25, -0.2) is 0 Å². The van der Waals surface area contributed by atoms with Crippen molar-refractivity contribution in [2.75, 3.05) is 19.8 Å². The first-order valence-electron chi connectivity index (χ1n) is 22.3. The fourth-order valence-corrected chi connectivity index (χ4v) is 6.74. The highest BCUT2D eigenvalue weighted by Gasteiger charge is 2.13. The van der Waals surface area contributed by atoms with Crippen LogP contribution in [0.3, 0.4) is 0 Å². The lowest BCUT2D eigenvalue weighted by Gasteiger charge is -2.16. The van der Waals surface area contributed by atoms with E-state index in [0.717, 1.165) is 19.3 Å². The average molecular weight is 693 g/mol. The van der Waals surface area contributed by atoms with Gasteiger partial charge in [-0.05, 0) is 38.5 Å². The van der Waals surface area contributed by atoms with Gasteiger partial charge in [-0.15, -0.1) is 0 Å². The molecule has 0 bridgehead atoms. The second kappa shape index (κ2) is 43.3. The Hall–Kier alpha value is -0.870. The zero-order chi connectivity index (χ0) is 35.6. The van der Waals surface area contributed by atoms with Crippen molar-refractivity contribution in [3.05, 3.63) is 12.2 Å². The number of unbranched alkanes of at least 4 members (excludes halogenated alkanes) is 32. The number of hydrogen-bond acceptors (Lipinski definition) is 4. The number of hydrogen-bond donors (Lipinski definition) is 1. The lowest BCUT2D eigenvalue weighted by Crippen LogP contribution is -2.27. The number of esters is 1. The highest BCUT2D eigenvalue weighted by atomic mass is 16.6. The number of aliphatic hydroxyl groups is 1. The minimum atomic E-state index is -0.529. The van der Waals surface area contributed by atoms with Crippen LogP contribution in [0, 0.1) is 0 Å². The maximum absolute atomic E-state index is 12.2. The fraction of sp³-hybridized carbons (Fsp3) is 0.933. The van der Waals surface area contributed by atoms with Crippen LogP contribution in [0.4, 0.5) is 0 Å². The summed E-state index contributed by atoms with van der Waals surface area (Å²) in [5.74, 6) is -0.196. The van der Waals surface area contributed by atoms with E-state index in [9.17, 15) is 9.90 Å². The number of rotatable bonds is 42. The van der Waals surface area contributed by atoms with Crippen molar-refractivity contribution in [1.82, 2.24) is 0 Å². The molecule has 0 heterocycles. The van der Waals surface area contributed by atoms with Crippen molar-refractivity contribution in [2.45, 2.75) is 251 Å². The number of allylic oxidation sites excluding steroid dienone is 2. The zero-order valence-corrected chi connectivity index (χ0v) is 33.5. The van der Waals surface area contributed by atoms with Gasteiger partial charge in [-0.1, -0.05) is 212 Å². The van der Waals surface area contributed by atoms with Crippen molar-refractivity contribution in [3.8, 4) is 0 Å². The van der Waals surface area contributed by atoms with Crippen LogP contribution >= 0.6 is 0 Å². The SMILES string of the molecule is CCCCCCCC/C=C\CCCCCCCCCCOCC(CO)OC(=O)CCCCCCCCCCCCCCCCCCCCC. The van der Waals surface area contributed by atoms with E-state index in [1.54, 1.807) is 0 Å². The first kappa shape index (κ1) is 48.1. The van der Waals surface area contributed by atoms with Gasteiger partial charge >= 0.3 is 5.97 Å². The molecule has 0 aliphatic rings. The molecule has 0 radical (unpaired) electrons. The minimum absolute atomic E-state index is 0.167. The monoisotopic (exact) mass is 693 g/mol. The molecule has 4 nitrogen and oxygen atoms in total. The summed E-state index contributed by atoms with van der Waals surface area (Å²) in [7, 11) is 0. The van der Waals surface area contributed by atoms with Crippen LogP contribution in [0.25, 0.3) is 0 Å². The van der Waals surface area contributed by atoms with E-state index in [0.29, 0.717) is 19.6 Å². The first-order valence-corrected chi connectivity index (χ1v) is 22.3. The molecule has 1 atom stereocenters. The summed E-state index contributed by atoms with van der Waals surface area (Å²) in [5.41, 5.74) is 0. The highest BCUT2D eigenvalue weighted by Crippen LogP contribution is 2.16. The predicted molar refractivity (Wildman–Crippen MR) is 214 cm³/mol. The minimum Gasteiger partial charge on any atom is -0.457 e. The van der Waals surface area contributed by atoms with Gasteiger partial charge in [0.25, 0.3) is 0 Å². The van der Waals surface area contributed by atoms with Crippen LogP contribution in [0.15, 0.2) is 12.2 Å². The highest BCUT2D eigenvalue weighted by molar-refractivity contribution is 5.69. The van der Waals surface area contributed by atoms with E-state index < -0.39 is 6.10 Å². The Bertz CT molecular complexity index is 648. The predicted octanol–water partition coefficient (Wildman–Crippen LogP) is 14.5. The molecular weight excluding hydrogens is 604 g/mol. The lowest BCUT2D eigenvalue weighted by molar-refractivity contribution is -0.154. The molecule has 0 rings (SSSR count). The fourth-order valence-electron chi connectivity index (χ4n) is 6.74. The summed E-state index contributed by atoms with van der Waals surface area (Å²) in [6.45, 7) is 5.38. The Morgan fingerprint density at radius 2 is 0.796 bits per heavy atom. The van der Waals surface area contributed by atoms with Gasteiger partial charge in [0.05, 0.1) is 13.2 Å². The first-order chi connectivity index (χ1) is 24.2. The Balaban J connectivity index is 3.37. The van der Waals surface area contributed by atoms with Gasteiger partial charge in [0.15, 0.2) is 0 Å². The average Bonchev–Trinajstić information content (AvgIpc) is 3.11.